The number of aliphatic hydroxyl groups is 1. The summed E-state index contributed by atoms with van der Waals surface area (Å²) in [5.74, 6) is 2.15. The van der Waals surface area contributed by atoms with Gasteiger partial charge in [-0.1, -0.05) is 44.6 Å². The first kappa shape index (κ1) is 17.6. The standard InChI is InChI=1S/C24H36O/c1-5-6-16(2)20-9-10-21-19-8-7-17-15-18(25)11-13-23(17,3)22(19)12-14-24(20,21)4/h5-6,10,16-18,20,25H,7-9,11-15H2,1-4H3/t16-,17?,18?,20-,23+,24-/m1/s1. The molecule has 1 heteroatoms. The summed E-state index contributed by atoms with van der Waals surface area (Å²) in [6.45, 7) is 9.65. The molecular formula is C24H36O. The van der Waals surface area contributed by atoms with Gasteiger partial charge in [-0.25, -0.2) is 0 Å². The molecule has 0 saturated heterocycles. The van der Waals surface area contributed by atoms with Crippen LogP contribution < -0.4 is 0 Å². The lowest BCUT2D eigenvalue weighted by Crippen LogP contribution is -2.44. The molecule has 138 valence electrons. The van der Waals surface area contributed by atoms with Crippen molar-refractivity contribution in [3.8, 4) is 0 Å². The second-order valence-corrected chi connectivity index (χ2v) is 9.80. The van der Waals surface area contributed by atoms with E-state index in [0.717, 1.165) is 18.8 Å². The third-order valence-electron chi connectivity index (χ3n) is 8.61. The van der Waals surface area contributed by atoms with Gasteiger partial charge in [0.2, 0.25) is 0 Å². The van der Waals surface area contributed by atoms with Gasteiger partial charge in [-0.05, 0) is 98.0 Å². The normalized spacial score (nSPS) is 45.0. The van der Waals surface area contributed by atoms with E-state index in [-0.39, 0.29) is 6.10 Å². The van der Waals surface area contributed by atoms with Gasteiger partial charge >= 0.3 is 0 Å². The van der Waals surface area contributed by atoms with E-state index in [1.807, 2.05) is 0 Å². The van der Waals surface area contributed by atoms with E-state index in [0.29, 0.717) is 22.7 Å². The molecule has 1 N–H and O–H groups in total. The van der Waals surface area contributed by atoms with Crippen LogP contribution in [0.3, 0.4) is 0 Å². The zero-order valence-electron chi connectivity index (χ0n) is 16.6. The van der Waals surface area contributed by atoms with Crippen molar-refractivity contribution in [2.75, 3.05) is 0 Å². The third kappa shape index (κ3) is 2.52. The molecule has 0 aromatic rings. The number of fused-ring (bicyclic) bond motifs is 4. The molecule has 1 fully saturated rings. The molecule has 0 aromatic carbocycles. The summed E-state index contributed by atoms with van der Waals surface area (Å²) in [7, 11) is 0. The lowest BCUT2D eigenvalue weighted by atomic mass is 9.51. The molecule has 4 rings (SSSR count). The molecule has 0 radical (unpaired) electrons. The van der Waals surface area contributed by atoms with Gasteiger partial charge in [-0.15, -0.1) is 0 Å². The van der Waals surface area contributed by atoms with Crippen molar-refractivity contribution in [1.82, 2.24) is 0 Å². The van der Waals surface area contributed by atoms with Crippen molar-refractivity contribution in [2.24, 2.45) is 28.6 Å². The molecule has 0 bridgehead atoms. The minimum Gasteiger partial charge on any atom is -0.393 e. The van der Waals surface area contributed by atoms with Crippen molar-refractivity contribution in [3.05, 3.63) is 34.9 Å². The molecule has 0 heterocycles. The van der Waals surface area contributed by atoms with E-state index in [1.165, 1.54) is 38.5 Å². The maximum absolute atomic E-state index is 10.2. The van der Waals surface area contributed by atoms with E-state index in [4.69, 9.17) is 0 Å². The number of rotatable bonds is 2. The van der Waals surface area contributed by atoms with E-state index in [9.17, 15) is 5.11 Å². The SMILES string of the molecule is CC=C[C@@H](C)[C@H]1CC=C2C3=C(CC[C@@]21C)[C@@]1(C)CCC(O)CC1CC3. The topological polar surface area (TPSA) is 20.2 Å². The Balaban J connectivity index is 1.69. The second-order valence-electron chi connectivity index (χ2n) is 9.80. The predicted molar refractivity (Wildman–Crippen MR) is 105 cm³/mol. The Bertz CT molecular complexity index is 638. The Morgan fingerprint density at radius 1 is 1.16 bits per heavy atom. The highest BCUT2D eigenvalue weighted by Crippen LogP contribution is 2.64. The van der Waals surface area contributed by atoms with E-state index < -0.39 is 0 Å². The smallest absolute Gasteiger partial charge is 0.0543 e. The maximum Gasteiger partial charge on any atom is 0.0543 e. The summed E-state index contributed by atoms with van der Waals surface area (Å²) < 4.78 is 0. The van der Waals surface area contributed by atoms with Crippen LogP contribution in [0.4, 0.5) is 0 Å². The van der Waals surface area contributed by atoms with Crippen LogP contribution in [-0.2, 0) is 0 Å². The molecule has 0 aromatic heterocycles. The number of hydrogen-bond donors (Lipinski definition) is 1. The minimum absolute atomic E-state index is 0.0501. The fourth-order valence-corrected chi connectivity index (χ4v) is 7.10. The molecule has 25 heavy (non-hydrogen) atoms. The first-order chi connectivity index (χ1) is 11.9. The van der Waals surface area contributed by atoms with Crippen LogP contribution in [0.5, 0.6) is 0 Å². The van der Waals surface area contributed by atoms with Crippen LogP contribution in [-0.4, -0.2) is 11.2 Å². The zero-order chi connectivity index (χ0) is 17.8. The van der Waals surface area contributed by atoms with Crippen molar-refractivity contribution >= 4 is 0 Å². The van der Waals surface area contributed by atoms with Crippen molar-refractivity contribution < 1.29 is 5.11 Å². The van der Waals surface area contributed by atoms with Crippen molar-refractivity contribution in [2.45, 2.75) is 85.2 Å². The second kappa shape index (κ2) is 6.12. The van der Waals surface area contributed by atoms with Crippen LogP contribution in [0.2, 0.25) is 0 Å². The molecule has 0 spiro atoms. The maximum atomic E-state index is 10.2. The van der Waals surface area contributed by atoms with Crippen molar-refractivity contribution in [3.63, 3.8) is 0 Å². The van der Waals surface area contributed by atoms with Gasteiger partial charge in [0.1, 0.15) is 0 Å². The quantitative estimate of drug-likeness (QED) is 0.593. The fourth-order valence-electron chi connectivity index (χ4n) is 7.10. The minimum atomic E-state index is -0.0501. The molecule has 0 amide bonds. The highest BCUT2D eigenvalue weighted by Gasteiger charge is 2.52. The highest BCUT2D eigenvalue weighted by atomic mass is 16.3. The Morgan fingerprint density at radius 3 is 2.72 bits per heavy atom. The third-order valence-corrected chi connectivity index (χ3v) is 8.61. The first-order valence-electron chi connectivity index (χ1n) is 10.6. The molecule has 2 unspecified atom stereocenters. The average Bonchev–Trinajstić information content (AvgIpc) is 2.93. The lowest BCUT2D eigenvalue weighted by Gasteiger charge is -2.53. The van der Waals surface area contributed by atoms with E-state index in [1.54, 1.807) is 16.7 Å². The molecular weight excluding hydrogens is 304 g/mol. The van der Waals surface area contributed by atoms with Crippen LogP contribution in [0, 0.1) is 28.6 Å². The summed E-state index contributed by atoms with van der Waals surface area (Å²) in [4.78, 5) is 0. The first-order valence-corrected chi connectivity index (χ1v) is 10.6. The van der Waals surface area contributed by atoms with Crippen LogP contribution in [0.15, 0.2) is 34.9 Å². The summed E-state index contributed by atoms with van der Waals surface area (Å²) >= 11 is 0. The molecule has 4 aliphatic rings. The molecule has 0 aliphatic heterocycles. The lowest BCUT2D eigenvalue weighted by molar-refractivity contribution is 0.0229. The number of allylic oxidation sites excluding steroid dienone is 6. The van der Waals surface area contributed by atoms with E-state index >= 15 is 0 Å². The van der Waals surface area contributed by atoms with Crippen LogP contribution in [0.25, 0.3) is 0 Å². The molecule has 1 nitrogen and oxygen atoms in total. The molecule has 6 atom stereocenters. The van der Waals surface area contributed by atoms with Gasteiger partial charge in [0.05, 0.1) is 6.10 Å². The molecule has 4 aliphatic carbocycles. The van der Waals surface area contributed by atoms with Gasteiger partial charge in [-0.3, -0.25) is 0 Å². The Labute approximate surface area is 154 Å². The van der Waals surface area contributed by atoms with Crippen molar-refractivity contribution in [1.29, 1.82) is 0 Å². The molecule has 1 saturated carbocycles. The zero-order valence-corrected chi connectivity index (χ0v) is 16.6. The van der Waals surface area contributed by atoms with Gasteiger partial charge < -0.3 is 5.11 Å². The van der Waals surface area contributed by atoms with Crippen LogP contribution >= 0.6 is 0 Å². The summed E-state index contributed by atoms with van der Waals surface area (Å²) in [5, 5.41) is 10.2. The Morgan fingerprint density at radius 2 is 1.96 bits per heavy atom. The monoisotopic (exact) mass is 340 g/mol. The van der Waals surface area contributed by atoms with E-state index in [2.05, 4.69) is 45.9 Å². The Hall–Kier alpha value is -0.820. The van der Waals surface area contributed by atoms with Gasteiger partial charge in [0, 0.05) is 0 Å². The fraction of sp³-hybridized carbons (Fsp3) is 0.750. The average molecular weight is 341 g/mol. The van der Waals surface area contributed by atoms with Crippen LogP contribution in [0.1, 0.15) is 79.1 Å². The van der Waals surface area contributed by atoms with Gasteiger partial charge in [0.25, 0.3) is 0 Å². The number of aliphatic hydroxyl groups excluding tert-OH is 1. The largest absolute Gasteiger partial charge is 0.393 e. The summed E-state index contributed by atoms with van der Waals surface area (Å²) in [6, 6.07) is 0. The number of hydrogen-bond acceptors (Lipinski definition) is 1. The highest BCUT2D eigenvalue weighted by molar-refractivity contribution is 5.49. The summed E-state index contributed by atoms with van der Waals surface area (Å²) in [5.41, 5.74) is 6.01. The summed E-state index contributed by atoms with van der Waals surface area (Å²) in [6.07, 6.45) is 16.9. The predicted octanol–water partition coefficient (Wildman–Crippen LogP) is 6.20. The van der Waals surface area contributed by atoms with Gasteiger partial charge in [-0.2, -0.15) is 0 Å². The van der Waals surface area contributed by atoms with Gasteiger partial charge in [0.15, 0.2) is 0 Å². The Kier molecular flexibility index (Phi) is 4.30.